The molecule has 7 heteroatoms. The molecule has 0 saturated carbocycles. The third-order valence-electron chi connectivity index (χ3n) is 3.75. The zero-order valence-electron chi connectivity index (χ0n) is 11.7. The first-order chi connectivity index (χ1) is 10.1. The van der Waals surface area contributed by atoms with Gasteiger partial charge in [0.15, 0.2) is 0 Å². The van der Waals surface area contributed by atoms with Crippen LogP contribution in [0.4, 0.5) is 14.5 Å². The Hall–Kier alpha value is -1.60. The van der Waals surface area contributed by atoms with Gasteiger partial charge in [0.25, 0.3) is 12.1 Å². The molecule has 1 heterocycles. The molecule has 0 atom stereocenters. The summed E-state index contributed by atoms with van der Waals surface area (Å²) in [7, 11) is 0. The van der Waals surface area contributed by atoms with Crippen LogP contribution in [0.5, 0.6) is 0 Å². The summed E-state index contributed by atoms with van der Waals surface area (Å²) in [5, 5.41) is 14.2. The zero-order chi connectivity index (χ0) is 15.2. The van der Waals surface area contributed by atoms with Crippen LogP contribution >= 0.6 is 0 Å². The van der Waals surface area contributed by atoms with E-state index in [4.69, 9.17) is 0 Å². The molecule has 0 bridgehead atoms. The van der Waals surface area contributed by atoms with Crippen molar-refractivity contribution in [2.75, 3.05) is 19.6 Å². The SMILES string of the molecule is O=[N+]([O-])c1ccccc1CNC1CCN(CC(F)F)CC1. The summed E-state index contributed by atoms with van der Waals surface area (Å²) < 4.78 is 24.6. The Morgan fingerprint density at radius 1 is 1.33 bits per heavy atom. The van der Waals surface area contributed by atoms with E-state index in [1.54, 1.807) is 23.1 Å². The Morgan fingerprint density at radius 3 is 2.62 bits per heavy atom. The topological polar surface area (TPSA) is 58.4 Å². The summed E-state index contributed by atoms with van der Waals surface area (Å²) in [5.41, 5.74) is 0.762. The summed E-state index contributed by atoms with van der Waals surface area (Å²) in [6.07, 6.45) is -0.720. The van der Waals surface area contributed by atoms with Gasteiger partial charge in [-0.15, -0.1) is 0 Å². The average Bonchev–Trinajstić information content (AvgIpc) is 2.46. The van der Waals surface area contributed by atoms with E-state index >= 15 is 0 Å². The van der Waals surface area contributed by atoms with E-state index in [1.807, 2.05) is 0 Å². The van der Waals surface area contributed by atoms with E-state index in [2.05, 4.69) is 5.32 Å². The second kappa shape index (κ2) is 7.42. The van der Waals surface area contributed by atoms with E-state index in [-0.39, 0.29) is 23.2 Å². The number of nitro groups is 1. The van der Waals surface area contributed by atoms with Crippen LogP contribution in [-0.2, 0) is 6.54 Å². The highest BCUT2D eigenvalue weighted by atomic mass is 19.3. The highest BCUT2D eigenvalue weighted by Gasteiger charge is 2.21. The van der Waals surface area contributed by atoms with Gasteiger partial charge in [0.2, 0.25) is 0 Å². The smallest absolute Gasteiger partial charge is 0.273 e. The molecule has 1 aromatic rings. The largest absolute Gasteiger partial charge is 0.310 e. The Morgan fingerprint density at radius 2 is 2.00 bits per heavy atom. The van der Waals surface area contributed by atoms with Gasteiger partial charge >= 0.3 is 0 Å². The minimum atomic E-state index is -2.29. The monoisotopic (exact) mass is 299 g/mol. The van der Waals surface area contributed by atoms with Crippen LogP contribution in [0, 0.1) is 10.1 Å². The predicted octanol–water partition coefficient (Wildman–Crippen LogP) is 2.41. The fraction of sp³-hybridized carbons (Fsp3) is 0.571. The quantitative estimate of drug-likeness (QED) is 0.647. The summed E-state index contributed by atoms with van der Waals surface area (Å²) in [6.45, 7) is 1.53. The van der Waals surface area contributed by atoms with Gasteiger partial charge in [-0.1, -0.05) is 18.2 Å². The molecule has 0 unspecified atom stereocenters. The fourth-order valence-corrected chi connectivity index (χ4v) is 2.61. The number of likely N-dealkylation sites (tertiary alicyclic amines) is 1. The molecule has 2 rings (SSSR count). The maximum absolute atomic E-state index is 12.3. The molecule has 1 aliphatic heterocycles. The fourth-order valence-electron chi connectivity index (χ4n) is 2.61. The second-order valence-corrected chi connectivity index (χ2v) is 5.23. The molecule has 0 radical (unpaired) electrons. The van der Waals surface area contributed by atoms with Gasteiger partial charge in [-0.05, 0) is 25.9 Å². The van der Waals surface area contributed by atoms with Crippen LogP contribution in [0.25, 0.3) is 0 Å². The Labute approximate surface area is 122 Å². The molecule has 1 N–H and O–H groups in total. The normalized spacial score (nSPS) is 17.3. The van der Waals surface area contributed by atoms with E-state index in [1.165, 1.54) is 6.07 Å². The molecule has 116 valence electrons. The van der Waals surface area contributed by atoms with Crippen molar-refractivity contribution in [1.29, 1.82) is 0 Å². The number of para-hydroxylation sites is 1. The predicted molar refractivity (Wildman–Crippen MR) is 75.4 cm³/mol. The molecule has 1 aliphatic rings. The van der Waals surface area contributed by atoms with Crippen molar-refractivity contribution in [3.8, 4) is 0 Å². The number of nitro benzene ring substituents is 1. The van der Waals surface area contributed by atoms with Gasteiger partial charge in [0.1, 0.15) is 0 Å². The lowest BCUT2D eigenvalue weighted by Gasteiger charge is -2.32. The summed E-state index contributed by atoms with van der Waals surface area (Å²) in [6, 6.07) is 6.86. The zero-order valence-corrected chi connectivity index (χ0v) is 11.7. The van der Waals surface area contributed by atoms with Gasteiger partial charge < -0.3 is 5.32 Å². The molecular weight excluding hydrogens is 280 g/mol. The summed E-state index contributed by atoms with van der Waals surface area (Å²) in [4.78, 5) is 12.3. The number of hydrogen-bond acceptors (Lipinski definition) is 4. The van der Waals surface area contributed by atoms with E-state index in [0.717, 1.165) is 12.8 Å². The van der Waals surface area contributed by atoms with Crippen LogP contribution in [0.2, 0.25) is 0 Å². The van der Waals surface area contributed by atoms with E-state index < -0.39 is 6.43 Å². The first kappa shape index (κ1) is 15.8. The maximum atomic E-state index is 12.3. The third kappa shape index (κ3) is 4.71. The van der Waals surface area contributed by atoms with Crippen molar-refractivity contribution in [1.82, 2.24) is 10.2 Å². The Balaban J connectivity index is 1.81. The van der Waals surface area contributed by atoms with Gasteiger partial charge in [-0.2, -0.15) is 0 Å². The molecule has 0 aliphatic carbocycles. The van der Waals surface area contributed by atoms with E-state index in [9.17, 15) is 18.9 Å². The molecule has 1 fully saturated rings. The van der Waals surface area contributed by atoms with E-state index in [0.29, 0.717) is 25.2 Å². The number of alkyl halides is 2. The first-order valence-electron chi connectivity index (χ1n) is 7.02. The van der Waals surface area contributed by atoms with Crippen molar-refractivity contribution < 1.29 is 13.7 Å². The van der Waals surface area contributed by atoms with Crippen molar-refractivity contribution in [3.05, 3.63) is 39.9 Å². The van der Waals surface area contributed by atoms with Crippen LogP contribution in [0.1, 0.15) is 18.4 Å². The highest BCUT2D eigenvalue weighted by Crippen LogP contribution is 2.18. The minimum absolute atomic E-state index is 0.111. The third-order valence-corrected chi connectivity index (χ3v) is 3.75. The first-order valence-corrected chi connectivity index (χ1v) is 7.02. The second-order valence-electron chi connectivity index (χ2n) is 5.23. The molecule has 1 saturated heterocycles. The van der Waals surface area contributed by atoms with Crippen molar-refractivity contribution >= 4 is 5.69 Å². The van der Waals surface area contributed by atoms with Crippen molar-refractivity contribution in [2.45, 2.75) is 31.9 Å². The number of piperidine rings is 1. The lowest BCUT2D eigenvalue weighted by atomic mass is 10.0. The van der Waals surface area contributed by atoms with Gasteiger partial charge in [0, 0.05) is 24.2 Å². The van der Waals surface area contributed by atoms with Crippen LogP contribution in [-0.4, -0.2) is 41.9 Å². The Kier molecular flexibility index (Phi) is 5.58. The molecule has 21 heavy (non-hydrogen) atoms. The lowest BCUT2D eigenvalue weighted by Crippen LogP contribution is -2.43. The molecule has 1 aromatic carbocycles. The molecule has 0 amide bonds. The van der Waals surface area contributed by atoms with Gasteiger partial charge in [-0.3, -0.25) is 15.0 Å². The number of rotatable bonds is 6. The lowest BCUT2D eigenvalue weighted by molar-refractivity contribution is -0.385. The number of nitrogens with zero attached hydrogens (tertiary/aromatic N) is 2. The highest BCUT2D eigenvalue weighted by molar-refractivity contribution is 5.39. The number of halogens is 2. The number of hydrogen-bond donors (Lipinski definition) is 1. The van der Waals surface area contributed by atoms with Crippen molar-refractivity contribution in [2.24, 2.45) is 0 Å². The minimum Gasteiger partial charge on any atom is -0.310 e. The number of nitrogens with one attached hydrogen (secondary N) is 1. The maximum Gasteiger partial charge on any atom is 0.273 e. The molecular formula is C14H19F2N3O2. The Bertz CT molecular complexity index is 477. The van der Waals surface area contributed by atoms with Crippen LogP contribution in [0.3, 0.4) is 0 Å². The van der Waals surface area contributed by atoms with Gasteiger partial charge in [-0.25, -0.2) is 8.78 Å². The molecule has 5 nitrogen and oxygen atoms in total. The standard InChI is InChI=1S/C14H19F2N3O2/c15-14(16)10-18-7-5-12(6-8-18)17-9-11-3-1-2-4-13(11)19(20)21/h1-4,12,14,17H,5-10H2. The average molecular weight is 299 g/mol. The van der Waals surface area contributed by atoms with Crippen LogP contribution < -0.4 is 5.32 Å². The molecule has 0 spiro atoms. The van der Waals surface area contributed by atoms with Gasteiger partial charge in [0.05, 0.1) is 11.5 Å². The molecule has 0 aromatic heterocycles. The number of benzene rings is 1. The summed E-state index contributed by atoms with van der Waals surface area (Å²) >= 11 is 0. The van der Waals surface area contributed by atoms with Crippen LogP contribution in [0.15, 0.2) is 24.3 Å². The summed E-state index contributed by atoms with van der Waals surface area (Å²) in [5.74, 6) is 0. The van der Waals surface area contributed by atoms with Crippen molar-refractivity contribution in [3.63, 3.8) is 0 Å².